The van der Waals surface area contributed by atoms with Gasteiger partial charge in [0.25, 0.3) is 0 Å². The van der Waals surface area contributed by atoms with Crippen molar-refractivity contribution in [2.45, 2.75) is 18.1 Å². The molecule has 2 aromatic rings. The third-order valence-electron chi connectivity index (χ3n) is 3.67. The Labute approximate surface area is 131 Å². The van der Waals surface area contributed by atoms with E-state index in [0.717, 1.165) is 12.1 Å². The first-order valence-corrected chi connectivity index (χ1v) is 6.46. The smallest absolute Gasteiger partial charge is 0.416 e. The van der Waals surface area contributed by atoms with Gasteiger partial charge in [0.2, 0.25) is 0 Å². The van der Waals surface area contributed by atoms with Crippen LogP contribution in [-0.4, -0.2) is 11.6 Å². The SMILES string of the molecule is Cl.N[C@]1(c2ccc(C(F)(F)F)cc2)CCOc2cccnc21. The molecule has 0 fully saturated rings. The lowest BCUT2D eigenvalue weighted by Crippen LogP contribution is -2.43. The van der Waals surface area contributed by atoms with E-state index >= 15 is 0 Å². The van der Waals surface area contributed by atoms with Crippen molar-refractivity contribution in [2.24, 2.45) is 5.73 Å². The average molecular weight is 331 g/mol. The molecule has 0 saturated heterocycles. The summed E-state index contributed by atoms with van der Waals surface area (Å²) in [7, 11) is 0. The van der Waals surface area contributed by atoms with E-state index in [-0.39, 0.29) is 12.4 Å². The van der Waals surface area contributed by atoms with Crippen LogP contribution in [0.2, 0.25) is 0 Å². The summed E-state index contributed by atoms with van der Waals surface area (Å²) in [5.41, 5.74) is 5.95. The van der Waals surface area contributed by atoms with E-state index in [0.29, 0.717) is 30.0 Å². The summed E-state index contributed by atoms with van der Waals surface area (Å²) in [6.07, 6.45) is -2.30. The molecular weight excluding hydrogens is 317 g/mol. The minimum atomic E-state index is -4.36. The Morgan fingerprint density at radius 1 is 1.14 bits per heavy atom. The van der Waals surface area contributed by atoms with Crippen LogP contribution in [0.3, 0.4) is 0 Å². The number of alkyl halides is 3. The van der Waals surface area contributed by atoms with Crippen molar-refractivity contribution in [1.82, 2.24) is 4.98 Å². The van der Waals surface area contributed by atoms with Crippen molar-refractivity contribution in [2.75, 3.05) is 6.61 Å². The number of pyridine rings is 1. The fraction of sp³-hybridized carbons (Fsp3) is 0.267. The molecule has 0 aliphatic carbocycles. The van der Waals surface area contributed by atoms with Crippen molar-refractivity contribution in [3.63, 3.8) is 0 Å². The largest absolute Gasteiger partial charge is 0.491 e. The molecule has 0 bridgehead atoms. The highest BCUT2D eigenvalue weighted by atomic mass is 35.5. The Morgan fingerprint density at radius 2 is 1.82 bits per heavy atom. The Hall–Kier alpha value is -1.79. The number of hydrogen-bond acceptors (Lipinski definition) is 3. The van der Waals surface area contributed by atoms with Gasteiger partial charge in [0.05, 0.1) is 17.7 Å². The number of rotatable bonds is 1. The molecular formula is C15H14ClF3N2O. The molecule has 3 nitrogen and oxygen atoms in total. The molecule has 0 saturated carbocycles. The molecule has 1 aromatic carbocycles. The summed E-state index contributed by atoms with van der Waals surface area (Å²) in [6.45, 7) is 0.399. The topological polar surface area (TPSA) is 48.1 Å². The zero-order valence-corrected chi connectivity index (χ0v) is 12.2. The zero-order chi connectivity index (χ0) is 15.1. The van der Waals surface area contributed by atoms with Gasteiger partial charge in [0.15, 0.2) is 0 Å². The Kier molecular flexibility index (Phi) is 4.35. The van der Waals surface area contributed by atoms with Crippen LogP contribution in [0.1, 0.15) is 23.2 Å². The van der Waals surface area contributed by atoms with Crippen molar-refractivity contribution in [3.8, 4) is 5.75 Å². The monoisotopic (exact) mass is 330 g/mol. The highest BCUT2D eigenvalue weighted by molar-refractivity contribution is 5.85. The first-order chi connectivity index (χ1) is 9.91. The van der Waals surface area contributed by atoms with Crippen LogP contribution in [0.5, 0.6) is 5.75 Å². The van der Waals surface area contributed by atoms with E-state index in [2.05, 4.69) is 4.98 Å². The first kappa shape index (κ1) is 16.6. The van der Waals surface area contributed by atoms with E-state index in [1.807, 2.05) is 0 Å². The predicted molar refractivity (Wildman–Crippen MR) is 78.0 cm³/mol. The van der Waals surface area contributed by atoms with Gasteiger partial charge in [-0.1, -0.05) is 12.1 Å². The van der Waals surface area contributed by atoms with Gasteiger partial charge in [-0.2, -0.15) is 13.2 Å². The predicted octanol–water partition coefficient (Wildman–Crippen LogP) is 3.51. The van der Waals surface area contributed by atoms with Crippen molar-refractivity contribution < 1.29 is 17.9 Å². The minimum absolute atomic E-state index is 0. The van der Waals surface area contributed by atoms with E-state index in [1.54, 1.807) is 18.3 Å². The summed E-state index contributed by atoms with van der Waals surface area (Å²) in [4.78, 5) is 4.25. The maximum Gasteiger partial charge on any atom is 0.416 e. The maximum absolute atomic E-state index is 12.6. The molecule has 2 heterocycles. The molecule has 2 N–H and O–H groups in total. The van der Waals surface area contributed by atoms with Crippen LogP contribution in [0, 0.1) is 0 Å². The maximum atomic E-state index is 12.6. The molecule has 0 radical (unpaired) electrons. The second kappa shape index (κ2) is 5.78. The number of halogens is 4. The van der Waals surface area contributed by atoms with Crippen LogP contribution < -0.4 is 10.5 Å². The normalized spacial score (nSPS) is 20.5. The van der Waals surface area contributed by atoms with Crippen LogP contribution >= 0.6 is 12.4 Å². The van der Waals surface area contributed by atoms with Crippen molar-refractivity contribution >= 4 is 12.4 Å². The molecule has 118 valence electrons. The van der Waals surface area contributed by atoms with Gasteiger partial charge in [-0.15, -0.1) is 12.4 Å². The number of aromatic nitrogens is 1. The van der Waals surface area contributed by atoms with Gasteiger partial charge in [0.1, 0.15) is 11.4 Å². The standard InChI is InChI=1S/C15H13F3N2O.ClH/c16-15(17,18)11-5-3-10(4-6-11)14(19)7-9-21-12-2-1-8-20-13(12)14;/h1-6,8H,7,9,19H2;1H/t14-;/m0./s1. The number of benzene rings is 1. The van der Waals surface area contributed by atoms with E-state index < -0.39 is 17.3 Å². The van der Waals surface area contributed by atoms with Crippen molar-refractivity contribution in [3.05, 3.63) is 59.4 Å². The fourth-order valence-electron chi connectivity index (χ4n) is 2.52. The van der Waals surface area contributed by atoms with Crippen LogP contribution in [0.4, 0.5) is 13.2 Å². The number of nitrogens with zero attached hydrogens (tertiary/aromatic N) is 1. The average Bonchev–Trinajstić information content (AvgIpc) is 2.47. The molecule has 1 aliphatic rings. The molecule has 0 amide bonds. The van der Waals surface area contributed by atoms with Crippen molar-refractivity contribution in [1.29, 1.82) is 0 Å². The number of ether oxygens (including phenoxy) is 1. The molecule has 1 atom stereocenters. The molecule has 7 heteroatoms. The molecule has 3 rings (SSSR count). The molecule has 1 aromatic heterocycles. The Bertz CT molecular complexity index is 661. The van der Waals surface area contributed by atoms with Gasteiger partial charge < -0.3 is 10.5 Å². The fourth-order valence-corrected chi connectivity index (χ4v) is 2.52. The second-order valence-corrected chi connectivity index (χ2v) is 5.00. The van der Waals surface area contributed by atoms with Crippen LogP contribution in [0.15, 0.2) is 42.6 Å². The Balaban J connectivity index is 0.00000176. The van der Waals surface area contributed by atoms with Gasteiger partial charge >= 0.3 is 6.18 Å². The lowest BCUT2D eigenvalue weighted by atomic mass is 9.82. The van der Waals surface area contributed by atoms with E-state index in [4.69, 9.17) is 10.5 Å². The summed E-state index contributed by atoms with van der Waals surface area (Å²) in [6, 6.07) is 8.40. The third kappa shape index (κ3) is 2.76. The molecule has 1 aliphatic heterocycles. The second-order valence-electron chi connectivity index (χ2n) is 5.00. The summed E-state index contributed by atoms with van der Waals surface area (Å²) < 4.78 is 43.4. The summed E-state index contributed by atoms with van der Waals surface area (Å²) in [5, 5.41) is 0. The molecule has 0 unspecified atom stereocenters. The molecule has 22 heavy (non-hydrogen) atoms. The number of hydrogen-bond donors (Lipinski definition) is 1. The molecule has 0 spiro atoms. The van der Waals surface area contributed by atoms with E-state index in [9.17, 15) is 13.2 Å². The first-order valence-electron chi connectivity index (χ1n) is 6.46. The summed E-state index contributed by atoms with van der Waals surface area (Å²) in [5.74, 6) is 0.575. The minimum Gasteiger partial charge on any atom is -0.491 e. The Morgan fingerprint density at radius 3 is 2.45 bits per heavy atom. The highest BCUT2D eigenvalue weighted by Gasteiger charge is 2.38. The quantitative estimate of drug-likeness (QED) is 0.870. The van der Waals surface area contributed by atoms with Crippen LogP contribution in [-0.2, 0) is 11.7 Å². The number of nitrogens with two attached hydrogens (primary N) is 1. The number of fused-ring (bicyclic) bond motifs is 1. The highest BCUT2D eigenvalue weighted by Crippen LogP contribution is 2.39. The van der Waals surface area contributed by atoms with Gasteiger partial charge in [0, 0.05) is 12.6 Å². The lowest BCUT2D eigenvalue weighted by Gasteiger charge is -2.34. The van der Waals surface area contributed by atoms with Gasteiger partial charge in [-0.05, 0) is 29.8 Å². The van der Waals surface area contributed by atoms with Gasteiger partial charge in [-0.3, -0.25) is 4.98 Å². The van der Waals surface area contributed by atoms with E-state index in [1.165, 1.54) is 12.1 Å². The lowest BCUT2D eigenvalue weighted by molar-refractivity contribution is -0.137. The zero-order valence-electron chi connectivity index (χ0n) is 11.4. The third-order valence-corrected chi connectivity index (χ3v) is 3.67. The summed E-state index contributed by atoms with van der Waals surface area (Å²) >= 11 is 0. The van der Waals surface area contributed by atoms with Gasteiger partial charge in [-0.25, -0.2) is 0 Å². The van der Waals surface area contributed by atoms with Crippen LogP contribution in [0.25, 0.3) is 0 Å².